The van der Waals surface area contributed by atoms with Crippen LogP contribution in [0.5, 0.6) is 0 Å². The number of aliphatic hydroxyl groups excluding tert-OH is 1. The van der Waals surface area contributed by atoms with Crippen LogP contribution >= 0.6 is 0 Å². The predicted octanol–water partition coefficient (Wildman–Crippen LogP) is 3.19. The highest BCUT2D eigenvalue weighted by molar-refractivity contribution is 5.48. The van der Waals surface area contributed by atoms with Gasteiger partial charge >= 0.3 is 0 Å². The summed E-state index contributed by atoms with van der Waals surface area (Å²) in [5.41, 5.74) is 1.01. The van der Waals surface area contributed by atoms with E-state index in [9.17, 15) is 0 Å². The fraction of sp³-hybridized carbons (Fsp3) is 0.538. The van der Waals surface area contributed by atoms with Crippen LogP contribution in [0.15, 0.2) is 22.1 Å². The molecule has 1 aliphatic carbocycles. The first-order valence-corrected chi connectivity index (χ1v) is 5.64. The monoisotopic (exact) mass is 206 g/mol. The molecule has 15 heavy (non-hydrogen) atoms. The van der Waals surface area contributed by atoms with Crippen LogP contribution in [0.3, 0.4) is 0 Å². The topological polar surface area (TPSA) is 33.4 Å². The van der Waals surface area contributed by atoms with E-state index in [-0.39, 0.29) is 6.61 Å². The van der Waals surface area contributed by atoms with Crippen LogP contribution < -0.4 is 0 Å². The molecule has 1 fully saturated rings. The quantitative estimate of drug-likeness (QED) is 0.820. The van der Waals surface area contributed by atoms with Gasteiger partial charge in [-0.15, -0.1) is 0 Å². The number of aliphatic hydroxyl groups is 1. The van der Waals surface area contributed by atoms with Crippen LogP contribution in [-0.2, 0) is 0 Å². The molecule has 82 valence electrons. The molecule has 0 spiro atoms. The first kappa shape index (κ1) is 10.5. The van der Waals surface area contributed by atoms with Gasteiger partial charge in [0.25, 0.3) is 0 Å². The molecule has 0 radical (unpaired) electrons. The predicted molar refractivity (Wildman–Crippen MR) is 60.6 cm³/mol. The highest BCUT2D eigenvalue weighted by atomic mass is 16.3. The number of hydrogen-bond acceptors (Lipinski definition) is 2. The molecule has 2 unspecified atom stereocenters. The van der Waals surface area contributed by atoms with Crippen molar-refractivity contribution in [1.29, 1.82) is 0 Å². The van der Waals surface area contributed by atoms with Crippen molar-refractivity contribution in [2.45, 2.75) is 32.6 Å². The third kappa shape index (κ3) is 2.32. The van der Waals surface area contributed by atoms with Crippen molar-refractivity contribution in [2.75, 3.05) is 6.61 Å². The van der Waals surface area contributed by atoms with Gasteiger partial charge in [0.1, 0.15) is 11.5 Å². The standard InChI is InChI=1S/C13H18O2/c1-3-10(8-14)7-11-4-5-13(15-11)12-6-9(12)2/h4-5,7,9,12,14H,3,6,8H2,1-2H3. The zero-order valence-corrected chi connectivity index (χ0v) is 9.36. The van der Waals surface area contributed by atoms with Crippen molar-refractivity contribution in [3.8, 4) is 0 Å². The summed E-state index contributed by atoms with van der Waals surface area (Å²) < 4.78 is 5.72. The minimum Gasteiger partial charge on any atom is -0.461 e. The van der Waals surface area contributed by atoms with E-state index in [1.807, 2.05) is 19.1 Å². The lowest BCUT2D eigenvalue weighted by Crippen LogP contribution is -1.86. The van der Waals surface area contributed by atoms with E-state index in [1.54, 1.807) is 0 Å². The fourth-order valence-corrected chi connectivity index (χ4v) is 1.82. The molecule has 0 bridgehead atoms. The summed E-state index contributed by atoms with van der Waals surface area (Å²) in [5, 5.41) is 9.05. The average Bonchev–Trinajstić information content (AvgIpc) is 2.80. The van der Waals surface area contributed by atoms with Gasteiger partial charge in [0.15, 0.2) is 0 Å². The summed E-state index contributed by atoms with van der Waals surface area (Å²) in [5.74, 6) is 3.37. The van der Waals surface area contributed by atoms with E-state index in [0.29, 0.717) is 5.92 Å². The van der Waals surface area contributed by atoms with Crippen molar-refractivity contribution < 1.29 is 9.52 Å². The highest BCUT2D eigenvalue weighted by Gasteiger charge is 2.36. The Kier molecular flexibility index (Phi) is 2.96. The fourth-order valence-electron chi connectivity index (χ4n) is 1.82. The smallest absolute Gasteiger partial charge is 0.127 e. The Morgan fingerprint density at radius 3 is 2.87 bits per heavy atom. The highest BCUT2D eigenvalue weighted by Crippen LogP contribution is 2.47. The molecule has 0 aromatic carbocycles. The zero-order chi connectivity index (χ0) is 10.8. The van der Waals surface area contributed by atoms with Crippen LogP contribution in [0.25, 0.3) is 6.08 Å². The maximum absolute atomic E-state index is 9.05. The Labute approximate surface area is 90.6 Å². The van der Waals surface area contributed by atoms with E-state index in [2.05, 4.69) is 13.0 Å². The first-order valence-electron chi connectivity index (χ1n) is 5.64. The lowest BCUT2D eigenvalue weighted by Gasteiger charge is -1.97. The Balaban J connectivity index is 2.10. The average molecular weight is 206 g/mol. The second-order valence-corrected chi connectivity index (χ2v) is 4.37. The van der Waals surface area contributed by atoms with Crippen LogP contribution in [0.2, 0.25) is 0 Å². The van der Waals surface area contributed by atoms with Gasteiger partial charge in [-0.1, -0.05) is 13.8 Å². The minimum absolute atomic E-state index is 0.117. The number of hydrogen-bond donors (Lipinski definition) is 1. The molecule has 1 heterocycles. The summed E-state index contributed by atoms with van der Waals surface area (Å²) >= 11 is 0. The van der Waals surface area contributed by atoms with Crippen LogP contribution in [0, 0.1) is 5.92 Å². The summed E-state index contributed by atoms with van der Waals surface area (Å²) in [4.78, 5) is 0. The van der Waals surface area contributed by atoms with Crippen molar-refractivity contribution in [3.05, 3.63) is 29.2 Å². The maximum Gasteiger partial charge on any atom is 0.127 e. The van der Waals surface area contributed by atoms with Gasteiger partial charge < -0.3 is 9.52 Å². The molecule has 1 saturated carbocycles. The van der Waals surface area contributed by atoms with Crippen molar-refractivity contribution in [1.82, 2.24) is 0 Å². The first-order chi connectivity index (χ1) is 7.24. The number of rotatable bonds is 4. The molecule has 2 nitrogen and oxygen atoms in total. The second-order valence-electron chi connectivity index (χ2n) is 4.37. The Morgan fingerprint density at radius 2 is 2.33 bits per heavy atom. The molecular weight excluding hydrogens is 188 g/mol. The van der Waals surface area contributed by atoms with Gasteiger partial charge in [-0.3, -0.25) is 0 Å². The van der Waals surface area contributed by atoms with E-state index in [1.165, 1.54) is 6.42 Å². The summed E-state index contributed by atoms with van der Waals surface area (Å²) in [6.07, 6.45) is 4.06. The van der Waals surface area contributed by atoms with Crippen LogP contribution in [0.4, 0.5) is 0 Å². The Hall–Kier alpha value is -1.02. The van der Waals surface area contributed by atoms with Gasteiger partial charge in [0.2, 0.25) is 0 Å². The molecular formula is C13H18O2. The minimum atomic E-state index is 0.117. The molecule has 0 aliphatic heterocycles. The lowest BCUT2D eigenvalue weighted by atomic mass is 10.2. The molecule has 1 aromatic heterocycles. The summed E-state index contributed by atoms with van der Waals surface area (Å²) in [6, 6.07) is 4.05. The van der Waals surface area contributed by atoms with Crippen LogP contribution in [0.1, 0.15) is 44.1 Å². The zero-order valence-electron chi connectivity index (χ0n) is 9.36. The SMILES string of the molecule is CCC(=Cc1ccc(C2CC2C)o1)CO. The van der Waals surface area contributed by atoms with Crippen molar-refractivity contribution in [2.24, 2.45) is 5.92 Å². The molecule has 2 heteroatoms. The van der Waals surface area contributed by atoms with Gasteiger partial charge in [-0.2, -0.15) is 0 Å². The Morgan fingerprint density at radius 1 is 1.60 bits per heavy atom. The molecule has 0 amide bonds. The van der Waals surface area contributed by atoms with E-state index in [4.69, 9.17) is 9.52 Å². The third-order valence-corrected chi connectivity index (χ3v) is 3.13. The van der Waals surface area contributed by atoms with Gasteiger partial charge in [-0.25, -0.2) is 0 Å². The normalized spacial score (nSPS) is 25.7. The molecule has 0 saturated heterocycles. The van der Waals surface area contributed by atoms with E-state index in [0.717, 1.165) is 29.4 Å². The maximum atomic E-state index is 9.05. The Bertz CT molecular complexity index is 356. The summed E-state index contributed by atoms with van der Waals surface area (Å²) in [6.45, 7) is 4.40. The molecule has 1 aromatic rings. The van der Waals surface area contributed by atoms with Crippen molar-refractivity contribution in [3.63, 3.8) is 0 Å². The van der Waals surface area contributed by atoms with Gasteiger partial charge in [0.05, 0.1) is 6.61 Å². The summed E-state index contributed by atoms with van der Waals surface area (Å²) in [7, 11) is 0. The van der Waals surface area contributed by atoms with E-state index < -0.39 is 0 Å². The molecule has 1 N–H and O–H groups in total. The molecule has 2 rings (SSSR count). The number of furan rings is 1. The van der Waals surface area contributed by atoms with Crippen LogP contribution in [-0.4, -0.2) is 11.7 Å². The second kappa shape index (κ2) is 4.23. The lowest BCUT2D eigenvalue weighted by molar-refractivity contribution is 0.328. The van der Waals surface area contributed by atoms with E-state index >= 15 is 0 Å². The van der Waals surface area contributed by atoms with Crippen molar-refractivity contribution >= 4 is 6.08 Å². The van der Waals surface area contributed by atoms with Gasteiger partial charge in [0, 0.05) is 5.92 Å². The third-order valence-electron chi connectivity index (χ3n) is 3.13. The molecule has 1 aliphatic rings. The van der Waals surface area contributed by atoms with Gasteiger partial charge in [-0.05, 0) is 42.5 Å². The molecule has 2 atom stereocenters. The largest absolute Gasteiger partial charge is 0.461 e.